The van der Waals surface area contributed by atoms with E-state index in [0.717, 1.165) is 25.5 Å². The van der Waals surface area contributed by atoms with Gasteiger partial charge in [0.15, 0.2) is 5.75 Å². The van der Waals surface area contributed by atoms with Gasteiger partial charge >= 0.3 is 16.6 Å². The van der Waals surface area contributed by atoms with E-state index in [4.69, 9.17) is 19.1 Å². The van der Waals surface area contributed by atoms with E-state index in [0.29, 0.717) is 50.1 Å². The van der Waals surface area contributed by atoms with Crippen LogP contribution < -0.4 is 14.4 Å². The number of nitrogens with zero attached hydrogens (tertiary/aromatic N) is 3. The topological polar surface area (TPSA) is 110 Å². The molecule has 2 unspecified atom stereocenters. The van der Waals surface area contributed by atoms with Crippen LogP contribution >= 0.6 is 0 Å². The van der Waals surface area contributed by atoms with Gasteiger partial charge in [0.2, 0.25) is 0 Å². The third-order valence-electron chi connectivity index (χ3n) is 5.37. The maximum atomic E-state index is 13.0. The van der Waals surface area contributed by atoms with E-state index < -0.39 is 16.6 Å². The van der Waals surface area contributed by atoms with Crippen LogP contribution in [0.25, 0.3) is 16.6 Å². The Hall–Kier alpha value is -2.77. The molecule has 9 nitrogen and oxygen atoms in total. The van der Waals surface area contributed by atoms with Gasteiger partial charge in [0.25, 0.3) is 0 Å². The largest absolute Gasteiger partial charge is 0.508 e. The lowest BCUT2D eigenvalue weighted by Crippen LogP contribution is -2.37. The second kappa shape index (κ2) is 10.7. The number of anilines is 1. The first-order chi connectivity index (χ1) is 16.4. The first-order valence-corrected chi connectivity index (χ1v) is 11.8. The Labute approximate surface area is 196 Å². The lowest BCUT2D eigenvalue weighted by Gasteiger charge is -2.29. The number of allylic oxidation sites excluding steroid dienone is 1. The van der Waals surface area contributed by atoms with E-state index in [9.17, 15) is 17.4 Å². The van der Waals surface area contributed by atoms with Gasteiger partial charge in [-0.3, -0.25) is 4.98 Å². The second-order valence-corrected chi connectivity index (χ2v) is 8.74. The number of nitrogens with one attached hydrogen (secondary N) is 2. The summed E-state index contributed by atoms with van der Waals surface area (Å²) < 4.78 is 66.8. The van der Waals surface area contributed by atoms with Crippen molar-refractivity contribution >= 4 is 39.7 Å². The van der Waals surface area contributed by atoms with Gasteiger partial charge in [0, 0.05) is 43.6 Å². The van der Waals surface area contributed by atoms with Crippen molar-refractivity contribution in [3.63, 3.8) is 0 Å². The molecular weight excluding hydrogens is 475 g/mol. The molecule has 2 aliphatic rings. The fourth-order valence-corrected chi connectivity index (χ4v) is 4.16. The summed E-state index contributed by atoms with van der Waals surface area (Å²) in [7, 11) is 0. The Balaban J connectivity index is 1.81. The molecule has 0 bridgehead atoms. The lowest BCUT2D eigenvalue weighted by atomic mass is 10.1. The van der Waals surface area contributed by atoms with E-state index in [-0.39, 0.29) is 22.9 Å². The van der Waals surface area contributed by atoms with Crippen molar-refractivity contribution in [3.05, 3.63) is 30.1 Å². The van der Waals surface area contributed by atoms with Crippen LogP contribution in [0.15, 0.2) is 24.4 Å². The van der Waals surface area contributed by atoms with Crippen LogP contribution in [0.3, 0.4) is 0 Å². The molecule has 0 saturated carbocycles. The second-order valence-electron chi connectivity index (χ2n) is 7.64. The smallest absolute Gasteiger partial charge is 0.393 e. The fraction of sp³-hybridized carbons (Fsp3) is 0.476. The molecule has 2 saturated heterocycles. The van der Waals surface area contributed by atoms with E-state index in [1.807, 2.05) is 4.90 Å². The van der Waals surface area contributed by atoms with Crippen LogP contribution in [0, 0.1) is 5.41 Å². The van der Waals surface area contributed by atoms with Gasteiger partial charge < -0.3 is 29.3 Å². The van der Waals surface area contributed by atoms with Crippen molar-refractivity contribution in [2.45, 2.75) is 31.0 Å². The molecule has 0 aromatic carbocycles. The summed E-state index contributed by atoms with van der Waals surface area (Å²) in [5, 5.41) is 11.0. The molecule has 2 atom stereocenters. The summed E-state index contributed by atoms with van der Waals surface area (Å²) >= 11 is -3.56. The van der Waals surface area contributed by atoms with Gasteiger partial charge in [0.1, 0.15) is 23.3 Å². The monoisotopic (exact) mass is 499 g/mol. The molecule has 4 rings (SSSR count). The molecule has 0 aliphatic carbocycles. The molecule has 2 aliphatic heterocycles. The van der Waals surface area contributed by atoms with Gasteiger partial charge in [-0.15, -0.1) is 0 Å². The Morgan fingerprint density at radius 1 is 1.29 bits per heavy atom. The Bertz CT molecular complexity index is 1090. The minimum atomic E-state index is -5.05. The number of fused-ring (bicyclic) bond motifs is 1. The van der Waals surface area contributed by atoms with Crippen molar-refractivity contribution in [1.82, 2.24) is 15.3 Å². The molecule has 2 aromatic rings. The first-order valence-electron chi connectivity index (χ1n) is 10.8. The summed E-state index contributed by atoms with van der Waals surface area (Å²) in [6.45, 7) is 2.42. The van der Waals surface area contributed by atoms with E-state index >= 15 is 0 Å². The number of morpholine rings is 1. The van der Waals surface area contributed by atoms with Crippen LogP contribution in [0.2, 0.25) is 0 Å². The van der Waals surface area contributed by atoms with Crippen LogP contribution in [-0.4, -0.2) is 65.0 Å². The summed E-state index contributed by atoms with van der Waals surface area (Å²) in [6, 6.07) is 2.80. The maximum absolute atomic E-state index is 13.0. The molecular formula is C21H24F3N5O4S. The zero-order valence-corrected chi connectivity index (χ0v) is 19.0. The quantitative estimate of drug-likeness (QED) is 0.560. The number of pyridine rings is 2. The van der Waals surface area contributed by atoms with Crippen molar-refractivity contribution < 1.29 is 31.0 Å². The number of alkyl halides is 3. The molecule has 2 fully saturated rings. The molecule has 2 N–H and O–H groups in total. The fourth-order valence-electron chi connectivity index (χ4n) is 3.76. The molecule has 4 heterocycles. The Morgan fingerprint density at radius 3 is 2.76 bits per heavy atom. The highest BCUT2D eigenvalue weighted by molar-refractivity contribution is 7.81. The molecule has 13 heteroatoms. The van der Waals surface area contributed by atoms with Crippen molar-refractivity contribution in [2.75, 3.05) is 37.8 Å². The van der Waals surface area contributed by atoms with Gasteiger partial charge in [0.05, 0.1) is 18.9 Å². The third kappa shape index (κ3) is 5.65. The normalized spacial score (nSPS) is 20.7. The van der Waals surface area contributed by atoms with Crippen LogP contribution in [0.5, 0.6) is 5.75 Å². The van der Waals surface area contributed by atoms with E-state index in [1.54, 1.807) is 0 Å². The minimum absolute atomic E-state index is 0.210. The summed E-state index contributed by atoms with van der Waals surface area (Å²) in [6.07, 6.45) is 6.34. The van der Waals surface area contributed by atoms with Crippen LogP contribution in [-0.2, 0) is 20.6 Å². The number of ether oxygens (including phenoxy) is 2. The number of halogens is 3. The molecule has 0 amide bonds. The Morgan fingerprint density at radius 2 is 2.09 bits per heavy atom. The highest BCUT2D eigenvalue weighted by atomic mass is 32.2. The lowest BCUT2D eigenvalue weighted by molar-refractivity contribution is -0.0437. The van der Waals surface area contributed by atoms with Crippen molar-refractivity contribution in [3.8, 4) is 5.75 Å². The zero-order valence-electron chi connectivity index (χ0n) is 18.1. The van der Waals surface area contributed by atoms with Gasteiger partial charge in [-0.1, -0.05) is 0 Å². The number of hydrogen-bond acceptors (Lipinski definition) is 9. The van der Waals surface area contributed by atoms with E-state index in [2.05, 4.69) is 15.3 Å². The van der Waals surface area contributed by atoms with Crippen LogP contribution in [0.4, 0.5) is 19.0 Å². The predicted octanol–water partition coefficient (Wildman–Crippen LogP) is 3.14. The van der Waals surface area contributed by atoms with Crippen molar-refractivity contribution in [2.24, 2.45) is 0 Å². The maximum Gasteiger partial charge on any atom is 0.508 e. The zero-order chi connectivity index (χ0) is 24.1. The first kappa shape index (κ1) is 24.4. The number of rotatable bonds is 7. The third-order valence-corrected chi connectivity index (χ3v) is 6.08. The molecule has 0 radical (unpaired) electrons. The predicted molar refractivity (Wildman–Crippen MR) is 121 cm³/mol. The SMILES string of the molecule is N=C/C=C(\NC1CCCCO1)c1nccc2c(OS(=O)C(F)(F)F)cc(N3CCOCC3)nc12. The van der Waals surface area contributed by atoms with Gasteiger partial charge in [-0.05, 0) is 31.4 Å². The highest BCUT2D eigenvalue weighted by Gasteiger charge is 2.40. The van der Waals surface area contributed by atoms with Crippen molar-refractivity contribution in [1.29, 1.82) is 5.41 Å². The average molecular weight is 500 g/mol. The standard InChI is InChI=1S/C21H24F3N5O4S/c22-21(23,24)34(30)33-16-13-17(29-8-11-31-12-9-29)28-19-14(16)5-7-26-20(19)15(4-6-25)27-18-3-1-2-10-32-18/h4-7,13,18,25,27H,1-3,8-12H2/b15-4-,25-6?. The summed E-state index contributed by atoms with van der Waals surface area (Å²) in [4.78, 5) is 10.9. The minimum Gasteiger partial charge on any atom is -0.393 e. The number of aromatic nitrogens is 2. The average Bonchev–Trinajstić information content (AvgIpc) is 2.84. The van der Waals surface area contributed by atoms with Gasteiger partial charge in [-0.25, -0.2) is 9.19 Å². The molecule has 34 heavy (non-hydrogen) atoms. The number of hydrogen-bond donors (Lipinski definition) is 2. The van der Waals surface area contributed by atoms with Gasteiger partial charge in [-0.2, -0.15) is 13.2 Å². The van der Waals surface area contributed by atoms with E-state index in [1.165, 1.54) is 24.4 Å². The summed E-state index contributed by atoms with van der Waals surface area (Å²) in [5.41, 5.74) is -4.05. The highest BCUT2D eigenvalue weighted by Crippen LogP contribution is 2.35. The summed E-state index contributed by atoms with van der Waals surface area (Å²) in [5.74, 6) is 0.122. The molecule has 184 valence electrons. The Kier molecular flexibility index (Phi) is 7.63. The molecule has 0 spiro atoms. The van der Waals surface area contributed by atoms with Crippen LogP contribution in [0.1, 0.15) is 25.0 Å². The molecule has 2 aromatic heterocycles.